The summed E-state index contributed by atoms with van der Waals surface area (Å²) in [5.41, 5.74) is 6.27. The average molecular weight is 341 g/mol. The van der Waals surface area contributed by atoms with Crippen molar-refractivity contribution in [2.75, 3.05) is 38.0 Å². The van der Waals surface area contributed by atoms with Gasteiger partial charge in [-0.05, 0) is 18.2 Å². The Balaban J connectivity index is 1.99. The van der Waals surface area contributed by atoms with Crippen molar-refractivity contribution in [2.24, 2.45) is 5.73 Å². The molecule has 0 bridgehead atoms. The van der Waals surface area contributed by atoms with E-state index in [1.807, 2.05) is 0 Å². The summed E-state index contributed by atoms with van der Waals surface area (Å²) in [7, 11) is 0. The third-order valence-electron chi connectivity index (χ3n) is 3.15. The highest BCUT2D eigenvalue weighted by molar-refractivity contribution is 9.10. The number of halogens is 1. The number of nitrogens with one attached hydrogen (secondary N) is 2. The molecule has 20 heavy (non-hydrogen) atoms. The first-order valence-corrected chi connectivity index (χ1v) is 7.19. The van der Waals surface area contributed by atoms with Gasteiger partial charge in [-0.15, -0.1) is 0 Å². The average Bonchev–Trinajstić information content (AvgIpc) is 2.46. The van der Waals surface area contributed by atoms with Crippen LogP contribution in [0.5, 0.6) is 0 Å². The number of hydrogen-bond acceptors (Lipinski definition) is 4. The molecule has 1 aliphatic rings. The van der Waals surface area contributed by atoms with Crippen molar-refractivity contribution < 1.29 is 9.59 Å². The summed E-state index contributed by atoms with van der Waals surface area (Å²) in [5.74, 6) is -0.506. The summed E-state index contributed by atoms with van der Waals surface area (Å²) in [6.07, 6.45) is 0. The SMILES string of the molecule is NC(=O)c1cc(Br)ccc1NCC(=O)N1CCNCC1. The number of hydrogen-bond donors (Lipinski definition) is 3. The van der Waals surface area contributed by atoms with Gasteiger partial charge in [0.1, 0.15) is 0 Å². The van der Waals surface area contributed by atoms with Crippen molar-refractivity contribution in [3.05, 3.63) is 28.2 Å². The van der Waals surface area contributed by atoms with Gasteiger partial charge in [-0.1, -0.05) is 15.9 Å². The van der Waals surface area contributed by atoms with E-state index in [2.05, 4.69) is 26.6 Å². The summed E-state index contributed by atoms with van der Waals surface area (Å²) in [6.45, 7) is 3.21. The van der Waals surface area contributed by atoms with Gasteiger partial charge in [0.25, 0.3) is 5.91 Å². The van der Waals surface area contributed by atoms with Crippen LogP contribution in [0.3, 0.4) is 0 Å². The van der Waals surface area contributed by atoms with Crippen molar-refractivity contribution >= 4 is 33.4 Å². The van der Waals surface area contributed by atoms with Crippen LogP contribution in [0, 0.1) is 0 Å². The van der Waals surface area contributed by atoms with Crippen LogP contribution in [0.4, 0.5) is 5.69 Å². The molecule has 0 aromatic heterocycles. The van der Waals surface area contributed by atoms with Gasteiger partial charge in [0.05, 0.1) is 12.1 Å². The lowest BCUT2D eigenvalue weighted by Gasteiger charge is -2.27. The summed E-state index contributed by atoms with van der Waals surface area (Å²) >= 11 is 3.29. The number of primary amides is 1. The number of carbonyl (C=O) groups is 2. The Labute approximate surface area is 125 Å². The van der Waals surface area contributed by atoms with Crippen LogP contribution in [0.2, 0.25) is 0 Å². The molecule has 2 rings (SSSR count). The number of nitrogens with zero attached hydrogens (tertiary/aromatic N) is 1. The molecule has 1 heterocycles. The summed E-state index contributed by atoms with van der Waals surface area (Å²) in [5, 5.41) is 6.18. The Kier molecular flexibility index (Phi) is 4.97. The summed E-state index contributed by atoms with van der Waals surface area (Å²) < 4.78 is 0.769. The zero-order chi connectivity index (χ0) is 14.5. The predicted molar refractivity (Wildman–Crippen MR) is 80.6 cm³/mol. The van der Waals surface area contributed by atoms with Crippen LogP contribution in [-0.2, 0) is 4.79 Å². The van der Waals surface area contributed by atoms with E-state index in [0.29, 0.717) is 24.3 Å². The Morgan fingerprint density at radius 3 is 2.70 bits per heavy atom. The molecule has 4 N–H and O–H groups in total. The first kappa shape index (κ1) is 14.8. The molecule has 0 spiro atoms. The highest BCUT2D eigenvalue weighted by Crippen LogP contribution is 2.20. The molecular weight excluding hydrogens is 324 g/mol. The van der Waals surface area contributed by atoms with Crippen molar-refractivity contribution in [1.29, 1.82) is 0 Å². The van der Waals surface area contributed by atoms with Crippen LogP contribution >= 0.6 is 15.9 Å². The fourth-order valence-electron chi connectivity index (χ4n) is 2.07. The number of nitrogens with two attached hydrogens (primary N) is 1. The van der Waals surface area contributed by atoms with Gasteiger partial charge in [0, 0.05) is 36.3 Å². The second-order valence-corrected chi connectivity index (χ2v) is 5.45. The minimum absolute atomic E-state index is 0.0184. The first-order chi connectivity index (χ1) is 9.58. The zero-order valence-corrected chi connectivity index (χ0v) is 12.6. The molecule has 7 heteroatoms. The standard InChI is InChI=1S/C13H17BrN4O2/c14-9-1-2-11(10(7-9)13(15)20)17-8-12(19)18-5-3-16-4-6-18/h1-2,7,16-17H,3-6,8H2,(H2,15,20). The number of amides is 2. The Morgan fingerprint density at radius 2 is 2.05 bits per heavy atom. The Bertz CT molecular complexity index is 515. The monoisotopic (exact) mass is 340 g/mol. The Hall–Kier alpha value is -1.60. The Morgan fingerprint density at radius 1 is 1.35 bits per heavy atom. The van der Waals surface area contributed by atoms with Gasteiger partial charge in [0.2, 0.25) is 5.91 Å². The van der Waals surface area contributed by atoms with E-state index >= 15 is 0 Å². The van der Waals surface area contributed by atoms with E-state index in [0.717, 1.165) is 17.6 Å². The molecular formula is C13H17BrN4O2. The smallest absolute Gasteiger partial charge is 0.250 e. The number of rotatable bonds is 4. The van der Waals surface area contributed by atoms with Crippen LogP contribution in [-0.4, -0.2) is 49.4 Å². The largest absolute Gasteiger partial charge is 0.376 e. The molecule has 0 atom stereocenters. The molecule has 0 saturated carbocycles. The van der Waals surface area contributed by atoms with Gasteiger partial charge < -0.3 is 21.3 Å². The van der Waals surface area contributed by atoms with Gasteiger partial charge in [-0.3, -0.25) is 9.59 Å². The molecule has 1 aromatic carbocycles. The van der Waals surface area contributed by atoms with Crippen molar-refractivity contribution in [3.63, 3.8) is 0 Å². The summed E-state index contributed by atoms with van der Waals surface area (Å²) in [4.78, 5) is 25.2. The first-order valence-electron chi connectivity index (χ1n) is 6.39. The minimum atomic E-state index is -0.525. The fourth-order valence-corrected chi connectivity index (χ4v) is 2.43. The molecule has 0 radical (unpaired) electrons. The molecule has 0 aliphatic carbocycles. The maximum absolute atomic E-state index is 12.0. The molecule has 6 nitrogen and oxygen atoms in total. The predicted octanol–water partition coefficient (Wildman–Crippen LogP) is 0.392. The van der Waals surface area contributed by atoms with E-state index < -0.39 is 5.91 Å². The molecule has 0 unspecified atom stereocenters. The van der Waals surface area contributed by atoms with E-state index in [1.54, 1.807) is 23.1 Å². The quantitative estimate of drug-likeness (QED) is 0.740. The minimum Gasteiger partial charge on any atom is -0.376 e. The van der Waals surface area contributed by atoms with Crippen molar-refractivity contribution in [3.8, 4) is 0 Å². The molecule has 1 aliphatic heterocycles. The molecule has 108 valence electrons. The summed E-state index contributed by atoms with van der Waals surface area (Å²) in [6, 6.07) is 5.17. The second kappa shape index (κ2) is 6.71. The number of anilines is 1. The normalized spacial score (nSPS) is 14.9. The van der Waals surface area contributed by atoms with E-state index in [-0.39, 0.29) is 12.5 Å². The van der Waals surface area contributed by atoms with E-state index in [9.17, 15) is 9.59 Å². The van der Waals surface area contributed by atoms with Crippen molar-refractivity contribution in [2.45, 2.75) is 0 Å². The zero-order valence-electron chi connectivity index (χ0n) is 11.0. The molecule has 2 amide bonds. The highest BCUT2D eigenvalue weighted by atomic mass is 79.9. The number of benzene rings is 1. The topological polar surface area (TPSA) is 87.5 Å². The van der Waals surface area contributed by atoms with Gasteiger partial charge in [0.15, 0.2) is 0 Å². The van der Waals surface area contributed by atoms with Gasteiger partial charge >= 0.3 is 0 Å². The lowest BCUT2D eigenvalue weighted by Crippen LogP contribution is -2.48. The maximum Gasteiger partial charge on any atom is 0.250 e. The van der Waals surface area contributed by atoms with Crippen LogP contribution < -0.4 is 16.4 Å². The highest BCUT2D eigenvalue weighted by Gasteiger charge is 2.16. The van der Waals surface area contributed by atoms with E-state index in [4.69, 9.17) is 5.73 Å². The molecule has 1 aromatic rings. The maximum atomic E-state index is 12.0. The fraction of sp³-hybridized carbons (Fsp3) is 0.385. The number of piperazine rings is 1. The van der Waals surface area contributed by atoms with Crippen LogP contribution in [0.1, 0.15) is 10.4 Å². The number of carbonyl (C=O) groups excluding carboxylic acids is 2. The van der Waals surface area contributed by atoms with Crippen LogP contribution in [0.15, 0.2) is 22.7 Å². The lowest BCUT2D eigenvalue weighted by molar-refractivity contribution is -0.129. The third kappa shape index (κ3) is 3.71. The lowest BCUT2D eigenvalue weighted by atomic mass is 10.1. The third-order valence-corrected chi connectivity index (χ3v) is 3.64. The van der Waals surface area contributed by atoms with E-state index in [1.165, 1.54) is 0 Å². The van der Waals surface area contributed by atoms with Gasteiger partial charge in [-0.25, -0.2) is 0 Å². The van der Waals surface area contributed by atoms with Crippen molar-refractivity contribution in [1.82, 2.24) is 10.2 Å². The second-order valence-electron chi connectivity index (χ2n) is 4.54. The molecule has 1 fully saturated rings. The van der Waals surface area contributed by atoms with Gasteiger partial charge in [-0.2, -0.15) is 0 Å². The van der Waals surface area contributed by atoms with Crippen LogP contribution in [0.25, 0.3) is 0 Å². The molecule has 1 saturated heterocycles.